The maximum Gasteiger partial charge on any atom is 0.154 e. The number of aromatic nitrogens is 3. The molecule has 0 unspecified atom stereocenters. The highest BCUT2D eigenvalue weighted by molar-refractivity contribution is 5.32. The van der Waals surface area contributed by atoms with Crippen molar-refractivity contribution >= 4 is 0 Å². The van der Waals surface area contributed by atoms with Gasteiger partial charge >= 0.3 is 0 Å². The van der Waals surface area contributed by atoms with Gasteiger partial charge in [-0.1, -0.05) is 24.6 Å². The summed E-state index contributed by atoms with van der Waals surface area (Å²) in [5, 5.41) is 11.8. The van der Waals surface area contributed by atoms with Crippen molar-refractivity contribution < 1.29 is 0 Å². The molecule has 1 aromatic carbocycles. The van der Waals surface area contributed by atoms with Gasteiger partial charge in [-0.3, -0.25) is 4.57 Å². The van der Waals surface area contributed by atoms with Gasteiger partial charge in [0, 0.05) is 5.69 Å². The molecule has 0 saturated carbocycles. The molecule has 0 radical (unpaired) electrons. The first-order valence-corrected chi connectivity index (χ1v) is 6.14. The van der Waals surface area contributed by atoms with Gasteiger partial charge in [0.15, 0.2) is 5.82 Å². The van der Waals surface area contributed by atoms with E-state index in [4.69, 9.17) is 0 Å². The summed E-state index contributed by atoms with van der Waals surface area (Å²) in [7, 11) is 0. The van der Waals surface area contributed by atoms with Crippen LogP contribution in [0.2, 0.25) is 0 Å². The fourth-order valence-electron chi connectivity index (χ4n) is 2.34. The lowest BCUT2D eigenvalue weighted by Crippen LogP contribution is -2.29. The molecule has 0 amide bonds. The van der Waals surface area contributed by atoms with E-state index in [1.807, 2.05) is 18.2 Å². The summed E-state index contributed by atoms with van der Waals surface area (Å²) < 4.78 is 2.07. The van der Waals surface area contributed by atoms with Crippen molar-refractivity contribution in [3.63, 3.8) is 0 Å². The monoisotopic (exact) mass is 228 g/mol. The van der Waals surface area contributed by atoms with Crippen molar-refractivity contribution in [1.82, 2.24) is 20.1 Å². The molecule has 0 bridgehead atoms. The summed E-state index contributed by atoms with van der Waals surface area (Å²) >= 11 is 0. The molecule has 1 N–H and O–H groups in total. The molecule has 1 saturated heterocycles. The SMILES string of the molecule is c1ccc(-n2cnnc2[C@@H]2CCCCN2)cc1. The highest BCUT2D eigenvalue weighted by Crippen LogP contribution is 2.22. The number of nitrogens with one attached hydrogen (secondary N) is 1. The van der Waals surface area contributed by atoms with Gasteiger partial charge < -0.3 is 5.32 Å². The average molecular weight is 228 g/mol. The van der Waals surface area contributed by atoms with E-state index in [9.17, 15) is 0 Å². The Morgan fingerprint density at radius 3 is 2.82 bits per heavy atom. The molecule has 1 aliphatic rings. The number of hydrogen-bond acceptors (Lipinski definition) is 3. The van der Waals surface area contributed by atoms with Gasteiger partial charge in [-0.2, -0.15) is 0 Å². The second-order valence-electron chi connectivity index (χ2n) is 4.40. The summed E-state index contributed by atoms with van der Waals surface area (Å²) in [6.45, 7) is 1.08. The molecular formula is C13H16N4. The third kappa shape index (κ3) is 2.08. The molecule has 1 atom stereocenters. The van der Waals surface area contributed by atoms with Crippen molar-refractivity contribution in [3.05, 3.63) is 42.5 Å². The molecule has 2 heterocycles. The van der Waals surface area contributed by atoms with Crippen LogP contribution in [0.3, 0.4) is 0 Å². The summed E-state index contributed by atoms with van der Waals surface area (Å²) in [5.41, 5.74) is 1.12. The predicted molar refractivity (Wildman–Crippen MR) is 66.0 cm³/mol. The van der Waals surface area contributed by atoms with Crippen LogP contribution in [0.25, 0.3) is 5.69 Å². The summed E-state index contributed by atoms with van der Waals surface area (Å²) in [6, 6.07) is 10.6. The Morgan fingerprint density at radius 2 is 2.06 bits per heavy atom. The normalized spacial score (nSPS) is 20.4. The molecule has 0 spiro atoms. The Balaban J connectivity index is 1.93. The smallest absolute Gasteiger partial charge is 0.154 e. The highest BCUT2D eigenvalue weighted by Gasteiger charge is 2.20. The van der Waals surface area contributed by atoms with Crippen LogP contribution >= 0.6 is 0 Å². The molecule has 1 fully saturated rings. The molecule has 4 nitrogen and oxygen atoms in total. The van der Waals surface area contributed by atoms with Gasteiger partial charge in [-0.05, 0) is 31.5 Å². The summed E-state index contributed by atoms with van der Waals surface area (Å²) in [6.07, 6.45) is 5.46. The maximum atomic E-state index is 4.27. The Hall–Kier alpha value is -1.68. The second kappa shape index (κ2) is 4.67. The Bertz CT molecular complexity index is 471. The number of rotatable bonds is 2. The minimum Gasteiger partial charge on any atom is -0.307 e. The zero-order chi connectivity index (χ0) is 11.5. The quantitative estimate of drug-likeness (QED) is 0.855. The Labute approximate surface area is 101 Å². The van der Waals surface area contributed by atoms with Crippen molar-refractivity contribution in [3.8, 4) is 5.69 Å². The number of hydrogen-bond donors (Lipinski definition) is 1. The van der Waals surface area contributed by atoms with Gasteiger partial charge in [-0.25, -0.2) is 0 Å². The van der Waals surface area contributed by atoms with Crippen LogP contribution in [-0.4, -0.2) is 21.3 Å². The Kier molecular flexibility index (Phi) is 2.88. The van der Waals surface area contributed by atoms with E-state index in [1.165, 1.54) is 12.8 Å². The zero-order valence-electron chi connectivity index (χ0n) is 9.71. The summed E-state index contributed by atoms with van der Waals surface area (Å²) in [5.74, 6) is 1.02. The molecule has 4 heteroatoms. The molecule has 17 heavy (non-hydrogen) atoms. The van der Waals surface area contributed by atoms with E-state index in [2.05, 4.69) is 32.2 Å². The first-order valence-electron chi connectivity index (χ1n) is 6.14. The summed E-state index contributed by atoms with van der Waals surface area (Å²) in [4.78, 5) is 0. The molecule has 2 aromatic rings. The second-order valence-corrected chi connectivity index (χ2v) is 4.40. The molecule has 88 valence electrons. The van der Waals surface area contributed by atoms with Crippen molar-refractivity contribution in [2.45, 2.75) is 25.3 Å². The van der Waals surface area contributed by atoms with Crippen LogP contribution in [0.4, 0.5) is 0 Å². The topological polar surface area (TPSA) is 42.7 Å². The number of piperidine rings is 1. The third-order valence-electron chi connectivity index (χ3n) is 3.23. The van der Waals surface area contributed by atoms with E-state index in [-0.39, 0.29) is 0 Å². The molecule has 3 rings (SSSR count). The first-order chi connectivity index (χ1) is 8.45. The van der Waals surface area contributed by atoms with Crippen molar-refractivity contribution in [1.29, 1.82) is 0 Å². The minimum absolute atomic E-state index is 0.339. The standard InChI is InChI=1S/C13H16N4/c1-2-6-11(7-3-1)17-10-15-16-13(17)12-8-4-5-9-14-12/h1-3,6-7,10,12,14H,4-5,8-9H2/t12-/m0/s1. The molecule has 1 aromatic heterocycles. The van der Waals surface area contributed by atoms with Gasteiger partial charge in [0.05, 0.1) is 6.04 Å². The maximum absolute atomic E-state index is 4.27. The lowest BCUT2D eigenvalue weighted by atomic mass is 10.0. The fraction of sp³-hybridized carbons (Fsp3) is 0.385. The third-order valence-corrected chi connectivity index (χ3v) is 3.23. The van der Waals surface area contributed by atoms with Crippen LogP contribution < -0.4 is 5.32 Å². The number of benzene rings is 1. The minimum atomic E-state index is 0.339. The van der Waals surface area contributed by atoms with Gasteiger partial charge in [0.2, 0.25) is 0 Å². The van der Waals surface area contributed by atoms with Gasteiger partial charge in [-0.15, -0.1) is 10.2 Å². The van der Waals surface area contributed by atoms with E-state index in [1.54, 1.807) is 6.33 Å². The lowest BCUT2D eigenvalue weighted by Gasteiger charge is -2.23. The molecule has 0 aliphatic carbocycles. The molecule has 1 aliphatic heterocycles. The largest absolute Gasteiger partial charge is 0.307 e. The highest BCUT2D eigenvalue weighted by atomic mass is 15.3. The number of para-hydroxylation sites is 1. The van der Waals surface area contributed by atoms with Gasteiger partial charge in [0.25, 0.3) is 0 Å². The molecular weight excluding hydrogens is 212 g/mol. The van der Waals surface area contributed by atoms with Crippen molar-refractivity contribution in [2.75, 3.05) is 6.54 Å². The van der Waals surface area contributed by atoms with Crippen LogP contribution in [0.15, 0.2) is 36.7 Å². The van der Waals surface area contributed by atoms with E-state index in [0.29, 0.717) is 6.04 Å². The van der Waals surface area contributed by atoms with Crippen LogP contribution in [-0.2, 0) is 0 Å². The average Bonchev–Trinajstić information content (AvgIpc) is 2.90. The zero-order valence-corrected chi connectivity index (χ0v) is 9.71. The van der Waals surface area contributed by atoms with E-state index in [0.717, 1.165) is 24.5 Å². The van der Waals surface area contributed by atoms with Crippen LogP contribution in [0.1, 0.15) is 31.1 Å². The van der Waals surface area contributed by atoms with Crippen molar-refractivity contribution in [2.24, 2.45) is 0 Å². The van der Waals surface area contributed by atoms with E-state index >= 15 is 0 Å². The van der Waals surface area contributed by atoms with Crippen LogP contribution in [0.5, 0.6) is 0 Å². The fourth-order valence-corrected chi connectivity index (χ4v) is 2.34. The lowest BCUT2D eigenvalue weighted by molar-refractivity contribution is 0.393. The predicted octanol–water partition coefficient (Wildman–Crippen LogP) is 2.08. The van der Waals surface area contributed by atoms with E-state index < -0.39 is 0 Å². The first kappa shape index (κ1) is 10.5. The number of nitrogens with zero attached hydrogens (tertiary/aromatic N) is 3. The van der Waals surface area contributed by atoms with Gasteiger partial charge in [0.1, 0.15) is 6.33 Å². The van der Waals surface area contributed by atoms with Crippen LogP contribution in [0, 0.1) is 0 Å². The Morgan fingerprint density at radius 1 is 1.18 bits per heavy atom.